The van der Waals surface area contributed by atoms with Crippen molar-refractivity contribution in [2.75, 3.05) is 6.54 Å². The van der Waals surface area contributed by atoms with E-state index in [4.69, 9.17) is 11.6 Å². The number of fused-ring (bicyclic) bond motifs is 3. The highest BCUT2D eigenvalue weighted by atomic mass is 35.5. The fourth-order valence-corrected chi connectivity index (χ4v) is 5.08. The second-order valence-electron chi connectivity index (χ2n) is 9.21. The van der Waals surface area contributed by atoms with E-state index in [0.29, 0.717) is 0 Å². The molecule has 1 saturated carbocycles. The zero-order valence-electron chi connectivity index (χ0n) is 18.2. The van der Waals surface area contributed by atoms with E-state index in [-0.39, 0.29) is 0 Å². The van der Waals surface area contributed by atoms with Crippen LogP contribution in [0.2, 0.25) is 5.02 Å². The third-order valence-corrected chi connectivity index (χ3v) is 7.01. The van der Waals surface area contributed by atoms with Gasteiger partial charge in [-0.1, -0.05) is 77.8 Å². The molecule has 0 spiro atoms. The molecule has 1 nitrogen and oxygen atoms in total. The largest absolute Gasteiger partial charge is 0.312 e. The number of allylic oxidation sites excluding steroid dienone is 1. The first kappa shape index (κ1) is 20.5. The van der Waals surface area contributed by atoms with Crippen LogP contribution in [0.4, 0.5) is 0 Å². The number of benzene rings is 3. The van der Waals surface area contributed by atoms with E-state index in [1.807, 2.05) is 0 Å². The summed E-state index contributed by atoms with van der Waals surface area (Å²) in [6.45, 7) is 4.02. The van der Waals surface area contributed by atoms with Gasteiger partial charge < -0.3 is 5.32 Å². The second-order valence-corrected chi connectivity index (χ2v) is 9.64. The molecule has 2 heteroatoms. The van der Waals surface area contributed by atoms with Gasteiger partial charge in [0.15, 0.2) is 0 Å². The Bertz CT molecular complexity index is 1100. The fourth-order valence-electron chi connectivity index (χ4n) is 4.91. The summed E-state index contributed by atoms with van der Waals surface area (Å²) in [5, 5.41) is 4.51. The van der Waals surface area contributed by atoms with E-state index in [2.05, 4.69) is 85.0 Å². The molecule has 31 heavy (non-hydrogen) atoms. The molecule has 0 amide bonds. The summed E-state index contributed by atoms with van der Waals surface area (Å²) < 4.78 is 0. The lowest BCUT2D eigenvalue weighted by Gasteiger charge is -2.13. The van der Waals surface area contributed by atoms with Crippen molar-refractivity contribution in [3.05, 3.63) is 111 Å². The average molecular weight is 428 g/mol. The van der Waals surface area contributed by atoms with Crippen LogP contribution in [-0.4, -0.2) is 6.54 Å². The molecule has 3 aromatic carbocycles. The Morgan fingerprint density at radius 1 is 0.935 bits per heavy atom. The molecule has 0 aliphatic heterocycles. The Hall–Kier alpha value is -2.35. The highest BCUT2D eigenvalue weighted by Gasteiger charge is 2.40. The van der Waals surface area contributed by atoms with Crippen LogP contribution in [0.25, 0.3) is 5.57 Å². The van der Waals surface area contributed by atoms with E-state index >= 15 is 0 Å². The molecule has 0 aromatic heterocycles. The summed E-state index contributed by atoms with van der Waals surface area (Å²) in [5.74, 6) is 1.60. The molecule has 1 fully saturated rings. The highest BCUT2D eigenvalue weighted by molar-refractivity contribution is 6.30. The van der Waals surface area contributed by atoms with Crippen molar-refractivity contribution in [3.8, 4) is 0 Å². The first-order chi connectivity index (χ1) is 15.2. The van der Waals surface area contributed by atoms with Crippen molar-refractivity contribution < 1.29 is 0 Å². The quantitative estimate of drug-likeness (QED) is 0.390. The molecule has 0 radical (unpaired) electrons. The first-order valence-corrected chi connectivity index (χ1v) is 11.9. The lowest BCUT2D eigenvalue weighted by Crippen LogP contribution is -2.15. The van der Waals surface area contributed by atoms with E-state index in [0.717, 1.165) is 42.8 Å². The Morgan fingerprint density at radius 3 is 2.65 bits per heavy atom. The van der Waals surface area contributed by atoms with Gasteiger partial charge in [0.1, 0.15) is 0 Å². The average Bonchev–Trinajstić information content (AvgIpc) is 3.55. The molecule has 3 aromatic rings. The van der Waals surface area contributed by atoms with Crippen LogP contribution in [0.5, 0.6) is 0 Å². The summed E-state index contributed by atoms with van der Waals surface area (Å²) in [4.78, 5) is 0. The number of nitrogens with one attached hydrogen (secondary N) is 1. The number of hydrogen-bond acceptors (Lipinski definition) is 1. The van der Waals surface area contributed by atoms with Crippen molar-refractivity contribution in [2.24, 2.45) is 5.92 Å². The van der Waals surface area contributed by atoms with Gasteiger partial charge in [-0.05, 0) is 96.5 Å². The summed E-state index contributed by atoms with van der Waals surface area (Å²) >= 11 is 6.34. The van der Waals surface area contributed by atoms with Crippen LogP contribution in [-0.2, 0) is 13.0 Å². The van der Waals surface area contributed by atoms with Crippen molar-refractivity contribution in [2.45, 2.75) is 45.1 Å². The van der Waals surface area contributed by atoms with Gasteiger partial charge in [0.2, 0.25) is 0 Å². The maximum atomic E-state index is 6.34. The number of halogens is 1. The van der Waals surface area contributed by atoms with Gasteiger partial charge >= 0.3 is 0 Å². The summed E-state index contributed by atoms with van der Waals surface area (Å²) in [5.41, 5.74) is 9.77. The zero-order chi connectivity index (χ0) is 21.2. The summed E-state index contributed by atoms with van der Waals surface area (Å²) in [7, 11) is 0. The van der Waals surface area contributed by atoms with Gasteiger partial charge in [0.25, 0.3) is 0 Å². The fraction of sp³-hybridized carbons (Fsp3) is 0.310. The molecule has 2 unspecified atom stereocenters. The number of aryl methyl sites for hydroxylation is 1. The van der Waals surface area contributed by atoms with Crippen molar-refractivity contribution in [3.63, 3.8) is 0 Å². The molecule has 0 bridgehead atoms. The van der Waals surface area contributed by atoms with Gasteiger partial charge in [0, 0.05) is 11.6 Å². The molecule has 2 atom stereocenters. The zero-order valence-corrected chi connectivity index (χ0v) is 19.0. The van der Waals surface area contributed by atoms with Gasteiger partial charge in [-0.2, -0.15) is 0 Å². The molecule has 1 N–H and O–H groups in total. The SMILES string of the molecule is Cc1ccc(Cc2cccc(CNCCC3=CCC4CC4c4ccc(Cl)cc43)c2)cc1. The van der Waals surface area contributed by atoms with Crippen LogP contribution in [0.1, 0.15) is 58.6 Å². The topological polar surface area (TPSA) is 12.0 Å². The molecule has 2 aliphatic carbocycles. The minimum Gasteiger partial charge on any atom is -0.312 e. The van der Waals surface area contributed by atoms with Gasteiger partial charge in [-0.3, -0.25) is 0 Å². The van der Waals surface area contributed by atoms with E-state index < -0.39 is 0 Å². The van der Waals surface area contributed by atoms with Crippen LogP contribution in [0.15, 0.2) is 72.8 Å². The van der Waals surface area contributed by atoms with Gasteiger partial charge in [-0.15, -0.1) is 0 Å². The van der Waals surface area contributed by atoms with Crippen molar-refractivity contribution in [1.82, 2.24) is 5.32 Å². The Balaban J connectivity index is 1.18. The van der Waals surface area contributed by atoms with Crippen LogP contribution in [0, 0.1) is 12.8 Å². The Morgan fingerprint density at radius 2 is 1.77 bits per heavy atom. The molecular weight excluding hydrogens is 398 g/mol. The highest BCUT2D eigenvalue weighted by Crippen LogP contribution is 2.54. The molecule has 158 valence electrons. The third-order valence-electron chi connectivity index (χ3n) is 6.77. The molecular formula is C29H30ClN. The minimum absolute atomic E-state index is 0.755. The lowest BCUT2D eigenvalue weighted by molar-refractivity contribution is 0.698. The van der Waals surface area contributed by atoms with Crippen molar-refractivity contribution in [1.29, 1.82) is 0 Å². The monoisotopic (exact) mass is 427 g/mol. The molecule has 0 saturated heterocycles. The smallest absolute Gasteiger partial charge is 0.0412 e. The van der Waals surface area contributed by atoms with Crippen LogP contribution < -0.4 is 5.32 Å². The summed E-state index contributed by atoms with van der Waals surface area (Å²) in [6, 6.07) is 24.3. The number of rotatable bonds is 7. The van der Waals surface area contributed by atoms with E-state index in [1.165, 1.54) is 51.8 Å². The van der Waals surface area contributed by atoms with Gasteiger partial charge in [0.05, 0.1) is 0 Å². The second kappa shape index (κ2) is 9.02. The maximum absolute atomic E-state index is 6.34. The van der Waals surface area contributed by atoms with E-state index in [1.54, 1.807) is 0 Å². The molecule has 5 rings (SSSR count). The van der Waals surface area contributed by atoms with Gasteiger partial charge in [-0.25, -0.2) is 0 Å². The summed E-state index contributed by atoms with van der Waals surface area (Å²) in [6.07, 6.45) is 7.07. The third kappa shape index (κ3) is 4.95. The Kier molecular flexibility index (Phi) is 5.98. The number of hydrogen-bond donors (Lipinski definition) is 1. The predicted molar refractivity (Wildman–Crippen MR) is 132 cm³/mol. The first-order valence-electron chi connectivity index (χ1n) is 11.5. The standard InChI is InChI=1S/C29H30ClN/c1-20-5-7-21(8-6-20)15-22-3-2-4-23(16-22)19-31-14-13-24-9-10-25-17-28(25)27-12-11-26(30)18-29(24)27/h2-9,11-12,16,18,25,28,31H,10,13-15,17,19H2,1H3. The van der Waals surface area contributed by atoms with Crippen molar-refractivity contribution >= 4 is 17.2 Å². The molecule has 2 aliphatic rings. The predicted octanol–water partition coefficient (Wildman–Crippen LogP) is 7.31. The van der Waals surface area contributed by atoms with Crippen LogP contribution in [0.3, 0.4) is 0 Å². The molecule has 0 heterocycles. The normalized spacial score (nSPS) is 19.2. The maximum Gasteiger partial charge on any atom is 0.0412 e. The lowest BCUT2D eigenvalue weighted by atomic mass is 9.95. The minimum atomic E-state index is 0.755. The Labute approximate surface area is 191 Å². The van der Waals surface area contributed by atoms with Crippen LogP contribution >= 0.6 is 11.6 Å². The van der Waals surface area contributed by atoms with E-state index in [9.17, 15) is 0 Å².